The molecular formula is C29H38ClN3O4. The molecule has 200 valence electrons. The van der Waals surface area contributed by atoms with Gasteiger partial charge in [-0.15, -0.1) is 0 Å². The van der Waals surface area contributed by atoms with Crippen LogP contribution in [0.4, 0.5) is 10.5 Å². The van der Waals surface area contributed by atoms with Crippen molar-refractivity contribution in [2.45, 2.75) is 85.5 Å². The number of anilines is 1. The summed E-state index contributed by atoms with van der Waals surface area (Å²) in [6.07, 6.45) is 0.0846. The zero-order valence-electron chi connectivity index (χ0n) is 22.9. The molecule has 4 unspecified atom stereocenters. The predicted octanol–water partition coefficient (Wildman–Crippen LogP) is 6.10. The molecular weight excluding hydrogens is 490 g/mol. The monoisotopic (exact) mass is 527 g/mol. The molecule has 3 rings (SSSR count). The number of rotatable bonds is 7. The van der Waals surface area contributed by atoms with Gasteiger partial charge in [-0.3, -0.25) is 9.59 Å². The maximum absolute atomic E-state index is 14.0. The Balaban J connectivity index is 2.02. The van der Waals surface area contributed by atoms with Gasteiger partial charge in [-0.05, 0) is 83.6 Å². The first-order chi connectivity index (χ1) is 17.2. The van der Waals surface area contributed by atoms with Crippen LogP contribution >= 0.6 is 11.6 Å². The van der Waals surface area contributed by atoms with Gasteiger partial charge in [0, 0.05) is 6.04 Å². The lowest BCUT2D eigenvalue weighted by Crippen LogP contribution is -2.52. The number of hydrogen-bond donors (Lipinski definition) is 2. The molecule has 0 bridgehead atoms. The highest BCUT2D eigenvalue weighted by molar-refractivity contribution is 6.34. The van der Waals surface area contributed by atoms with Crippen molar-refractivity contribution in [3.05, 3.63) is 63.7 Å². The summed E-state index contributed by atoms with van der Waals surface area (Å²) in [7, 11) is 0. The first kappa shape index (κ1) is 28.5. The summed E-state index contributed by atoms with van der Waals surface area (Å²) in [5.74, 6) is -0.489. The first-order valence-electron chi connectivity index (χ1n) is 12.6. The molecule has 0 radical (unpaired) electrons. The van der Waals surface area contributed by atoms with Gasteiger partial charge in [-0.1, -0.05) is 54.4 Å². The van der Waals surface area contributed by atoms with E-state index in [2.05, 4.69) is 10.6 Å². The average Bonchev–Trinajstić information content (AvgIpc) is 3.49. The van der Waals surface area contributed by atoms with Gasteiger partial charge in [0.25, 0.3) is 5.91 Å². The van der Waals surface area contributed by atoms with Crippen LogP contribution in [0.5, 0.6) is 0 Å². The Hall–Kier alpha value is -3.06. The van der Waals surface area contributed by atoms with Crippen LogP contribution in [0.3, 0.4) is 0 Å². The lowest BCUT2D eigenvalue weighted by atomic mass is 9.96. The standard InChI is InChI=1S/C29H38ClN3O4/c1-16-12-13-21(18(3)14-16)25(26(34)32-24-17(2)10-9-11-22(24)30)33(23-15-19(23)4)27(35)20(5)31-28(36)37-29(6,7)8/h9-14,19-20,23,25H,15H2,1-8H3,(H,31,36)(H,32,34). The molecule has 4 atom stereocenters. The third kappa shape index (κ3) is 7.04. The zero-order chi connectivity index (χ0) is 27.7. The summed E-state index contributed by atoms with van der Waals surface area (Å²) < 4.78 is 5.35. The van der Waals surface area contributed by atoms with Crippen LogP contribution in [0.25, 0.3) is 0 Å². The van der Waals surface area contributed by atoms with Gasteiger partial charge in [0.2, 0.25) is 5.91 Å². The van der Waals surface area contributed by atoms with E-state index < -0.39 is 23.8 Å². The highest BCUT2D eigenvalue weighted by atomic mass is 35.5. The minimum Gasteiger partial charge on any atom is -0.444 e. The number of benzene rings is 2. The maximum Gasteiger partial charge on any atom is 0.408 e. The van der Waals surface area contributed by atoms with Crippen molar-refractivity contribution in [3.63, 3.8) is 0 Å². The number of amides is 3. The molecule has 1 saturated carbocycles. The molecule has 37 heavy (non-hydrogen) atoms. The fraction of sp³-hybridized carbons (Fsp3) is 0.483. The van der Waals surface area contributed by atoms with Crippen molar-refractivity contribution in [1.82, 2.24) is 10.2 Å². The Bertz CT molecular complexity index is 1170. The van der Waals surface area contributed by atoms with Gasteiger partial charge in [0.1, 0.15) is 17.7 Å². The number of nitrogens with one attached hydrogen (secondary N) is 2. The molecule has 2 N–H and O–H groups in total. The van der Waals surface area contributed by atoms with Gasteiger partial charge >= 0.3 is 6.09 Å². The van der Waals surface area contributed by atoms with Gasteiger partial charge in [-0.25, -0.2) is 4.79 Å². The molecule has 2 aromatic rings. The van der Waals surface area contributed by atoms with Crippen molar-refractivity contribution in [2.24, 2.45) is 5.92 Å². The van der Waals surface area contributed by atoms with Crippen LogP contribution in [0.1, 0.15) is 69.3 Å². The quantitative estimate of drug-likeness (QED) is 0.455. The molecule has 7 nitrogen and oxygen atoms in total. The number of carbonyl (C=O) groups excluding carboxylic acids is 3. The van der Waals surface area contributed by atoms with Crippen molar-refractivity contribution in [1.29, 1.82) is 0 Å². The number of alkyl carbamates (subject to hydrolysis) is 1. The van der Waals surface area contributed by atoms with Gasteiger partial charge in [0.15, 0.2) is 0 Å². The van der Waals surface area contributed by atoms with Gasteiger partial charge < -0.3 is 20.3 Å². The number of ether oxygens (including phenoxy) is 1. The Morgan fingerprint density at radius 1 is 1.08 bits per heavy atom. The van der Waals surface area contributed by atoms with Crippen molar-refractivity contribution in [2.75, 3.05) is 5.32 Å². The second kappa shape index (κ2) is 11.1. The van der Waals surface area contributed by atoms with E-state index >= 15 is 0 Å². The van der Waals surface area contributed by atoms with E-state index in [0.717, 1.165) is 28.7 Å². The Kier molecular flexibility index (Phi) is 8.58. The molecule has 0 saturated heterocycles. The fourth-order valence-electron chi connectivity index (χ4n) is 4.47. The van der Waals surface area contributed by atoms with Crippen LogP contribution < -0.4 is 10.6 Å². The smallest absolute Gasteiger partial charge is 0.408 e. The average molecular weight is 528 g/mol. The van der Waals surface area contributed by atoms with E-state index in [-0.39, 0.29) is 23.8 Å². The number of halogens is 1. The third-order valence-corrected chi connectivity index (χ3v) is 6.81. The van der Waals surface area contributed by atoms with Crippen molar-refractivity contribution in [3.8, 4) is 0 Å². The second-order valence-electron chi connectivity index (χ2n) is 11.1. The molecule has 0 heterocycles. The third-order valence-electron chi connectivity index (χ3n) is 6.50. The van der Waals surface area contributed by atoms with Crippen LogP contribution in [0.15, 0.2) is 36.4 Å². The van der Waals surface area contributed by atoms with Gasteiger partial charge in [0.05, 0.1) is 10.7 Å². The lowest BCUT2D eigenvalue weighted by molar-refractivity contribution is -0.141. The molecule has 1 fully saturated rings. The minimum atomic E-state index is -0.915. The number of carbonyl (C=O) groups is 3. The van der Waals surface area contributed by atoms with Gasteiger partial charge in [-0.2, -0.15) is 0 Å². The molecule has 1 aliphatic carbocycles. The van der Waals surface area contributed by atoms with Crippen molar-refractivity contribution >= 4 is 35.2 Å². The fourth-order valence-corrected chi connectivity index (χ4v) is 4.74. The van der Waals surface area contributed by atoms with E-state index in [9.17, 15) is 14.4 Å². The molecule has 8 heteroatoms. The zero-order valence-corrected chi connectivity index (χ0v) is 23.7. The Morgan fingerprint density at radius 2 is 1.73 bits per heavy atom. The van der Waals surface area contributed by atoms with Crippen LogP contribution in [0, 0.1) is 26.7 Å². The molecule has 2 aromatic carbocycles. The van der Waals surface area contributed by atoms with Crippen LogP contribution in [0.2, 0.25) is 5.02 Å². The highest BCUT2D eigenvalue weighted by Crippen LogP contribution is 2.42. The summed E-state index contributed by atoms with van der Waals surface area (Å²) in [5, 5.41) is 6.05. The summed E-state index contributed by atoms with van der Waals surface area (Å²) in [4.78, 5) is 42.0. The predicted molar refractivity (Wildman–Crippen MR) is 147 cm³/mol. The molecule has 0 spiro atoms. The highest BCUT2D eigenvalue weighted by Gasteiger charge is 2.48. The molecule has 3 amide bonds. The number of para-hydroxylation sites is 1. The number of nitrogens with zero attached hydrogens (tertiary/aromatic N) is 1. The normalized spacial score (nSPS) is 18.4. The van der Waals surface area contributed by atoms with E-state index in [1.807, 2.05) is 58.0 Å². The summed E-state index contributed by atoms with van der Waals surface area (Å²) in [6.45, 7) is 14.7. The van der Waals surface area contributed by atoms with Crippen molar-refractivity contribution < 1.29 is 19.1 Å². The minimum absolute atomic E-state index is 0.140. The summed E-state index contributed by atoms with van der Waals surface area (Å²) in [6, 6.07) is 9.28. The molecule has 0 aromatic heterocycles. The Labute approximate surface area is 224 Å². The number of aryl methyl sites for hydroxylation is 3. The lowest BCUT2D eigenvalue weighted by Gasteiger charge is -2.35. The first-order valence-corrected chi connectivity index (χ1v) is 13.0. The van der Waals surface area contributed by atoms with E-state index in [1.165, 1.54) is 0 Å². The second-order valence-corrected chi connectivity index (χ2v) is 11.5. The summed E-state index contributed by atoms with van der Waals surface area (Å²) >= 11 is 6.42. The maximum atomic E-state index is 14.0. The van der Waals surface area contributed by atoms with E-state index in [1.54, 1.807) is 38.7 Å². The number of hydrogen-bond acceptors (Lipinski definition) is 4. The Morgan fingerprint density at radius 3 is 2.27 bits per heavy atom. The van der Waals surface area contributed by atoms with Crippen LogP contribution in [-0.2, 0) is 14.3 Å². The molecule has 0 aliphatic heterocycles. The SMILES string of the molecule is Cc1ccc(C(C(=O)Nc2c(C)cccc2Cl)N(C(=O)C(C)NC(=O)OC(C)(C)C)C2CC2C)c(C)c1. The largest absolute Gasteiger partial charge is 0.444 e. The topological polar surface area (TPSA) is 87.7 Å². The summed E-state index contributed by atoms with van der Waals surface area (Å²) in [5.41, 5.74) is 3.31. The van der Waals surface area contributed by atoms with Crippen LogP contribution in [-0.4, -0.2) is 40.5 Å². The van der Waals surface area contributed by atoms with E-state index in [4.69, 9.17) is 16.3 Å². The molecule has 1 aliphatic rings. The van der Waals surface area contributed by atoms with E-state index in [0.29, 0.717) is 10.7 Å².